The number of rotatable bonds is 4. The van der Waals surface area contributed by atoms with Gasteiger partial charge in [-0.2, -0.15) is 0 Å². The van der Waals surface area contributed by atoms with E-state index >= 15 is 0 Å². The molecule has 0 rings (SSSR count). The van der Waals surface area contributed by atoms with Crippen molar-refractivity contribution in [3.05, 3.63) is 6.92 Å². The van der Waals surface area contributed by atoms with E-state index in [-0.39, 0.29) is 0 Å². The Morgan fingerprint density at radius 2 is 2.29 bits per heavy atom. The molecule has 0 aromatic carbocycles. The molecule has 0 bridgehead atoms. The third kappa shape index (κ3) is 5.89. The highest BCUT2D eigenvalue weighted by Crippen LogP contribution is 1.85. The van der Waals surface area contributed by atoms with E-state index in [9.17, 15) is 4.39 Å². The molecule has 0 N–H and O–H groups in total. The van der Waals surface area contributed by atoms with Gasteiger partial charge in [-0.15, -0.1) is 0 Å². The second-order valence-corrected chi connectivity index (χ2v) is 1.22. The fourth-order valence-corrected chi connectivity index (χ4v) is 0.259. The van der Waals surface area contributed by atoms with Crippen molar-refractivity contribution in [3.63, 3.8) is 0 Å². The fraction of sp³-hybridized carbons (Fsp3) is 0.800. The SMILES string of the molecule is [CH2]CCCOCF. The van der Waals surface area contributed by atoms with Gasteiger partial charge in [-0.1, -0.05) is 13.3 Å². The van der Waals surface area contributed by atoms with Gasteiger partial charge in [0, 0.05) is 6.61 Å². The number of halogens is 1. The van der Waals surface area contributed by atoms with E-state index in [0.717, 1.165) is 12.8 Å². The summed E-state index contributed by atoms with van der Waals surface area (Å²) in [5.74, 6) is 0. The van der Waals surface area contributed by atoms with Crippen LogP contribution in [-0.4, -0.2) is 13.5 Å². The zero-order valence-corrected chi connectivity index (χ0v) is 4.32. The summed E-state index contributed by atoms with van der Waals surface area (Å²) < 4.78 is 15.4. The molecule has 0 fully saturated rings. The van der Waals surface area contributed by atoms with Gasteiger partial charge in [-0.3, -0.25) is 0 Å². The predicted molar refractivity (Wildman–Crippen MR) is 26.5 cm³/mol. The van der Waals surface area contributed by atoms with Crippen LogP contribution in [0.4, 0.5) is 4.39 Å². The van der Waals surface area contributed by atoms with Gasteiger partial charge in [0.05, 0.1) is 0 Å². The van der Waals surface area contributed by atoms with Crippen LogP contribution in [0.25, 0.3) is 0 Å². The highest BCUT2D eigenvalue weighted by Gasteiger charge is 1.80. The Hall–Kier alpha value is -0.110. The maximum absolute atomic E-state index is 11.1. The van der Waals surface area contributed by atoms with Crippen molar-refractivity contribution in [2.45, 2.75) is 12.8 Å². The zero-order chi connectivity index (χ0) is 5.54. The highest BCUT2D eigenvalue weighted by atomic mass is 19.1. The molecule has 2 heteroatoms. The molecular formula is C5H10FO. The summed E-state index contributed by atoms with van der Waals surface area (Å²) in [6.07, 6.45) is 1.67. The highest BCUT2D eigenvalue weighted by molar-refractivity contribution is 4.37. The molecule has 0 aliphatic rings. The minimum atomic E-state index is -0.667. The number of hydrogen-bond donors (Lipinski definition) is 0. The van der Waals surface area contributed by atoms with Crippen molar-refractivity contribution in [1.82, 2.24) is 0 Å². The lowest BCUT2D eigenvalue weighted by Gasteiger charge is -1.92. The molecule has 0 aromatic rings. The van der Waals surface area contributed by atoms with Crippen LogP contribution in [0, 0.1) is 6.92 Å². The second-order valence-electron chi connectivity index (χ2n) is 1.22. The van der Waals surface area contributed by atoms with Crippen LogP contribution < -0.4 is 0 Å². The molecule has 0 saturated heterocycles. The van der Waals surface area contributed by atoms with Crippen LogP contribution in [0.5, 0.6) is 0 Å². The molecule has 1 radical (unpaired) electrons. The predicted octanol–water partition coefficient (Wildman–Crippen LogP) is 1.54. The molecule has 0 aliphatic carbocycles. The van der Waals surface area contributed by atoms with E-state index in [2.05, 4.69) is 11.7 Å². The Morgan fingerprint density at radius 3 is 2.71 bits per heavy atom. The van der Waals surface area contributed by atoms with Crippen LogP contribution in [0.2, 0.25) is 0 Å². The smallest absolute Gasteiger partial charge is 0.188 e. The van der Waals surface area contributed by atoms with E-state index in [0.29, 0.717) is 6.61 Å². The molecule has 0 spiro atoms. The first-order valence-electron chi connectivity index (χ1n) is 2.34. The van der Waals surface area contributed by atoms with Gasteiger partial charge in [-0.05, 0) is 6.42 Å². The maximum Gasteiger partial charge on any atom is 0.188 e. The van der Waals surface area contributed by atoms with Crippen LogP contribution in [0.15, 0.2) is 0 Å². The van der Waals surface area contributed by atoms with E-state index in [1.165, 1.54) is 0 Å². The van der Waals surface area contributed by atoms with Gasteiger partial charge >= 0.3 is 0 Å². The Kier molecular flexibility index (Phi) is 5.80. The summed E-state index contributed by atoms with van der Waals surface area (Å²) >= 11 is 0. The number of hydrogen-bond acceptors (Lipinski definition) is 1. The summed E-state index contributed by atoms with van der Waals surface area (Å²) in [6.45, 7) is 3.39. The lowest BCUT2D eigenvalue weighted by Crippen LogP contribution is -1.89. The average molecular weight is 105 g/mol. The molecule has 0 atom stereocenters. The largest absolute Gasteiger partial charge is 0.350 e. The van der Waals surface area contributed by atoms with Crippen molar-refractivity contribution in [1.29, 1.82) is 0 Å². The number of ether oxygens (including phenoxy) is 1. The van der Waals surface area contributed by atoms with E-state index in [1.54, 1.807) is 0 Å². The molecule has 0 amide bonds. The van der Waals surface area contributed by atoms with Crippen molar-refractivity contribution in [2.24, 2.45) is 0 Å². The Balaban J connectivity index is 2.45. The van der Waals surface area contributed by atoms with Crippen LogP contribution >= 0.6 is 0 Å². The molecular weight excluding hydrogens is 95.1 g/mol. The minimum absolute atomic E-state index is 0.500. The quantitative estimate of drug-likeness (QED) is 0.493. The van der Waals surface area contributed by atoms with E-state index in [4.69, 9.17) is 0 Å². The molecule has 0 unspecified atom stereocenters. The van der Waals surface area contributed by atoms with Crippen LogP contribution in [0.3, 0.4) is 0 Å². The first-order valence-corrected chi connectivity index (χ1v) is 2.34. The van der Waals surface area contributed by atoms with E-state index < -0.39 is 6.86 Å². The van der Waals surface area contributed by atoms with Gasteiger partial charge in [0.1, 0.15) is 0 Å². The maximum atomic E-state index is 11.1. The minimum Gasteiger partial charge on any atom is -0.350 e. The van der Waals surface area contributed by atoms with Crippen LogP contribution in [0.1, 0.15) is 12.8 Å². The third-order valence-electron chi connectivity index (χ3n) is 0.616. The number of unbranched alkanes of at least 4 members (excludes halogenated alkanes) is 1. The second kappa shape index (κ2) is 5.89. The van der Waals surface area contributed by atoms with Crippen molar-refractivity contribution in [3.8, 4) is 0 Å². The van der Waals surface area contributed by atoms with Crippen LogP contribution in [-0.2, 0) is 4.74 Å². The Bertz CT molecular complexity index is 27.3. The molecule has 1 nitrogen and oxygen atoms in total. The summed E-state index contributed by atoms with van der Waals surface area (Å²) in [5.41, 5.74) is 0. The molecule has 43 valence electrons. The van der Waals surface area contributed by atoms with Gasteiger partial charge in [0.2, 0.25) is 0 Å². The molecule has 0 aromatic heterocycles. The van der Waals surface area contributed by atoms with Crippen molar-refractivity contribution in [2.75, 3.05) is 13.5 Å². The monoisotopic (exact) mass is 105 g/mol. The van der Waals surface area contributed by atoms with Gasteiger partial charge in [0.15, 0.2) is 6.86 Å². The Labute approximate surface area is 43.5 Å². The van der Waals surface area contributed by atoms with Gasteiger partial charge in [-0.25, -0.2) is 4.39 Å². The summed E-state index contributed by atoms with van der Waals surface area (Å²) in [6, 6.07) is 0. The molecule has 0 heterocycles. The average Bonchev–Trinajstić information content (AvgIpc) is 1.69. The normalized spacial score (nSPS) is 9.43. The molecule has 7 heavy (non-hydrogen) atoms. The summed E-state index contributed by atoms with van der Waals surface area (Å²) in [4.78, 5) is 0. The molecule has 0 aliphatic heterocycles. The standard InChI is InChI=1S/C5H10FO/c1-2-3-4-7-5-6/h1-5H2. The molecule has 0 saturated carbocycles. The summed E-state index contributed by atoms with van der Waals surface area (Å²) in [7, 11) is 0. The fourth-order valence-electron chi connectivity index (χ4n) is 0.259. The third-order valence-corrected chi connectivity index (χ3v) is 0.616. The van der Waals surface area contributed by atoms with Gasteiger partial charge < -0.3 is 4.74 Å². The zero-order valence-electron chi connectivity index (χ0n) is 4.32. The Morgan fingerprint density at radius 1 is 1.57 bits per heavy atom. The first-order chi connectivity index (χ1) is 3.41. The lowest BCUT2D eigenvalue weighted by atomic mass is 10.4. The van der Waals surface area contributed by atoms with Crippen molar-refractivity contribution < 1.29 is 9.13 Å². The van der Waals surface area contributed by atoms with E-state index in [1.807, 2.05) is 0 Å². The first kappa shape index (κ1) is 6.89. The number of alkyl halides is 1. The van der Waals surface area contributed by atoms with Gasteiger partial charge in [0.25, 0.3) is 0 Å². The van der Waals surface area contributed by atoms with Crippen molar-refractivity contribution >= 4 is 0 Å². The summed E-state index contributed by atoms with van der Waals surface area (Å²) in [5, 5.41) is 0. The lowest BCUT2D eigenvalue weighted by molar-refractivity contribution is 0.0568. The topological polar surface area (TPSA) is 9.23 Å².